The second-order valence-electron chi connectivity index (χ2n) is 2.55. The molecule has 66 valence electrons. The van der Waals surface area contributed by atoms with Crippen molar-refractivity contribution in [3.8, 4) is 0 Å². The van der Waals surface area contributed by atoms with Crippen LogP contribution in [0.2, 0.25) is 0 Å². The van der Waals surface area contributed by atoms with Crippen molar-refractivity contribution in [1.29, 1.82) is 0 Å². The maximum Gasteiger partial charge on any atom is 0.189 e. The molecule has 1 rings (SSSR count). The van der Waals surface area contributed by atoms with Crippen LogP contribution in [-0.4, -0.2) is 15.2 Å². The van der Waals surface area contributed by atoms with Crippen molar-refractivity contribution in [3.63, 3.8) is 0 Å². The van der Waals surface area contributed by atoms with E-state index in [2.05, 4.69) is 9.97 Å². The van der Waals surface area contributed by atoms with Crippen molar-refractivity contribution >= 4 is 17.6 Å². The van der Waals surface area contributed by atoms with Gasteiger partial charge in [-0.25, -0.2) is 14.4 Å². The van der Waals surface area contributed by atoms with Gasteiger partial charge in [0.1, 0.15) is 0 Å². The summed E-state index contributed by atoms with van der Waals surface area (Å²) in [5, 5.41) is 0.888. The van der Waals surface area contributed by atoms with E-state index in [9.17, 15) is 4.39 Å². The lowest BCUT2D eigenvalue weighted by Gasteiger charge is -2.02. The highest BCUT2D eigenvalue weighted by Gasteiger charge is 2.04. The Morgan fingerprint density at radius 2 is 2.25 bits per heavy atom. The molecule has 0 aliphatic carbocycles. The number of halogens is 1. The van der Waals surface area contributed by atoms with Crippen LogP contribution in [0.15, 0.2) is 11.4 Å². The van der Waals surface area contributed by atoms with Crippen molar-refractivity contribution in [2.45, 2.75) is 24.3 Å². The first-order valence-corrected chi connectivity index (χ1v) is 4.42. The average Bonchev–Trinajstić information content (AvgIpc) is 1.96. The number of anilines is 1. The molecule has 0 fully saturated rings. The molecule has 0 spiro atoms. The SMILES string of the molecule is CC(C)Sc1ncc(F)c(N)n1. The number of hydrogen-bond donors (Lipinski definition) is 1. The first kappa shape index (κ1) is 9.25. The van der Waals surface area contributed by atoms with E-state index in [1.165, 1.54) is 11.8 Å². The molecule has 1 heterocycles. The summed E-state index contributed by atoms with van der Waals surface area (Å²) >= 11 is 1.45. The van der Waals surface area contributed by atoms with E-state index in [1.54, 1.807) is 0 Å². The van der Waals surface area contributed by atoms with E-state index in [4.69, 9.17) is 5.73 Å². The predicted octanol–water partition coefficient (Wildman–Crippen LogP) is 1.70. The number of rotatable bonds is 2. The fraction of sp³-hybridized carbons (Fsp3) is 0.429. The van der Waals surface area contributed by atoms with Crippen LogP contribution in [0.3, 0.4) is 0 Å². The lowest BCUT2D eigenvalue weighted by Crippen LogP contribution is -1.99. The fourth-order valence-electron chi connectivity index (χ4n) is 0.631. The minimum absolute atomic E-state index is 0.0897. The largest absolute Gasteiger partial charge is 0.381 e. The summed E-state index contributed by atoms with van der Waals surface area (Å²) in [6, 6.07) is 0. The van der Waals surface area contributed by atoms with Gasteiger partial charge in [-0.3, -0.25) is 0 Å². The monoisotopic (exact) mass is 187 g/mol. The van der Waals surface area contributed by atoms with Gasteiger partial charge in [0, 0.05) is 5.25 Å². The van der Waals surface area contributed by atoms with E-state index < -0.39 is 5.82 Å². The summed E-state index contributed by atoms with van der Waals surface area (Å²) in [7, 11) is 0. The molecule has 0 saturated carbocycles. The van der Waals surface area contributed by atoms with E-state index in [0.29, 0.717) is 10.4 Å². The van der Waals surface area contributed by atoms with Gasteiger partial charge in [0.15, 0.2) is 16.8 Å². The Bertz CT molecular complexity index is 277. The summed E-state index contributed by atoms with van der Waals surface area (Å²) in [6.45, 7) is 4.02. The lowest BCUT2D eigenvalue weighted by molar-refractivity contribution is 0.612. The van der Waals surface area contributed by atoms with Gasteiger partial charge in [-0.2, -0.15) is 0 Å². The van der Waals surface area contributed by atoms with Gasteiger partial charge in [0.05, 0.1) is 6.20 Å². The van der Waals surface area contributed by atoms with Crippen LogP contribution < -0.4 is 5.73 Å². The smallest absolute Gasteiger partial charge is 0.189 e. The van der Waals surface area contributed by atoms with Crippen molar-refractivity contribution < 1.29 is 4.39 Å². The Labute approximate surface area is 74.6 Å². The zero-order valence-corrected chi connectivity index (χ0v) is 7.73. The average molecular weight is 187 g/mol. The molecule has 0 atom stereocenters. The highest BCUT2D eigenvalue weighted by molar-refractivity contribution is 7.99. The molecule has 1 aromatic heterocycles. The summed E-state index contributed by atoms with van der Waals surface area (Å²) in [6.07, 6.45) is 1.09. The zero-order valence-electron chi connectivity index (χ0n) is 6.91. The second-order valence-corrected chi connectivity index (χ2v) is 4.10. The molecule has 0 saturated heterocycles. The van der Waals surface area contributed by atoms with E-state index in [1.807, 2.05) is 13.8 Å². The van der Waals surface area contributed by atoms with Crippen LogP contribution in [0.4, 0.5) is 10.2 Å². The van der Waals surface area contributed by atoms with Gasteiger partial charge in [-0.1, -0.05) is 25.6 Å². The molecule has 0 radical (unpaired) electrons. The van der Waals surface area contributed by atoms with Gasteiger partial charge in [0.2, 0.25) is 0 Å². The molecule has 0 amide bonds. The van der Waals surface area contributed by atoms with Crippen LogP contribution in [0.5, 0.6) is 0 Å². The number of hydrogen-bond acceptors (Lipinski definition) is 4. The van der Waals surface area contributed by atoms with Crippen LogP contribution in [0.25, 0.3) is 0 Å². The maximum atomic E-state index is 12.6. The summed E-state index contributed by atoms with van der Waals surface area (Å²) in [4.78, 5) is 7.54. The summed E-state index contributed by atoms with van der Waals surface area (Å²) in [5.74, 6) is -0.656. The minimum Gasteiger partial charge on any atom is -0.381 e. The van der Waals surface area contributed by atoms with Crippen molar-refractivity contribution in [1.82, 2.24) is 9.97 Å². The summed E-state index contributed by atoms with van der Waals surface area (Å²) < 4.78 is 12.6. The number of nitrogens with two attached hydrogens (primary N) is 1. The molecule has 5 heteroatoms. The fourth-order valence-corrected chi connectivity index (χ4v) is 1.32. The minimum atomic E-state index is -0.567. The normalized spacial score (nSPS) is 10.7. The molecule has 0 unspecified atom stereocenters. The predicted molar refractivity (Wildman–Crippen MR) is 47.4 cm³/mol. The third-order valence-electron chi connectivity index (χ3n) is 1.09. The van der Waals surface area contributed by atoms with Gasteiger partial charge in [0.25, 0.3) is 0 Å². The molecule has 0 aromatic carbocycles. The molecule has 0 aliphatic rings. The topological polar surface area (TPSA) is 51.8 Å². The van der Waals surface area contributed by atoms with Crippen LogP contribution in [-0.2, 0) is 0 Å². The third-order valence-corrected chi connectivity index (χ3v) is 1.97. The van der Waals surface area contributed by atoms with Crippen LogP contribution >= 0.6 is 11.8 Å². The first-order chi connectivity index (χ1) is 5.59. The number of aromatic nitrogens is 2. The van der Waals surface area contributed by atoms with Gasteiger partial charge >= 0.3 is 0 Å². The van der Waals surface area contributed by atoms with Crippen molar-refractivity contribution in [2.75, 3.05) is 5.73 Å². The van der Waals surface area contributed by atoms with Crippen LogP contribution in [0, 0.1) is 5.82 Å². The highest BCUT2D eigenvalue weighted by atomic mass is 32.2. The number of nitrogen functional groups attached to an aromatic ring is 1. The number of nitrogens with zero attached hydrogens (tertiary/aromatic N) is 2. The van der Waals surface area contributed by atoms with Crippen molar-refractivity contribution in [3.05, 3.63) is 12.0 Å². The standard InChI is InChI=1S/C7H10FN3S/c1-4(2)12-7-10-3-5(8)6(9)11-7/h3-4H,1-2H3,(H2,9,10,11). The Kier molecular flexibility index (Phi) is 2.86. The maximum absolute atomic E-state index is 12.6. The van der Waals surface area contributed by atoms with Crippen LogP contribution in [0.1, 0.15) is 13.8 Å². The third kappa shape index (κ3) is 2.34. The molecular weight excluding hydrogens is 177 g/mol. The Balaban J connectivity index is 2.82. The Morgan fingerprint density at radius 1 is 1.58 bits per heavy atom. The Morgan fingerprint density at radius 3 is 2.75 bits per heavy atom. The lowest BCUT2D eigenvalue weighted by atomic mass is 10.6. The van der Waals surface area contributed by atoms with E-state index in [-0.39, 0.29) is 5.82 Å². The van der Waals surface area contributed by atoms with Gasteiger partial charge < -0.3 is 5.73 Å². The molecule has 2 N–H and O–H groups in total. The highest BCUT2D eigenvalue weighted by Crippen LogP contribution is 2.19. The molecule has 3 nitrogen and oxygen atoms in total. The molecule has 12 heavy (non-hydrogen) atoms. The summed E-state index contributed by atoms with van der Waals surface area (Å²) in [5.41, 5.74) is 5.26. The first-order valence-electron chi connectivity index (χ1n) is 3.54. The Hall–Kier alpha value is -0.840. The number of thioether (sulfide) groups is 1. The van der Waals surface area contributed by atoms with Gasteiger partial charge in [-0.05, 0) is 0 Å². The molecule has 0 bridgehead atoms. The van der Waals surface area contributed by atoms with Gasteiger partial charge in [-0.15, -0.1) is 0 Å². The second kappa shape index (κ2) is 3.71. The quantitative estimate of drug-likeness (QED) is 0.565. The van der Waals surface area contributed by atoms with Crippen molar-refractivity contribution in [2.24, 2.45) is 0 Å². The van der Waals surface area contributed by atoms with E-state index in [0.717, 1.165) is 6.20 Å². The molecular formula is C7H10FN3S. The zero-order chi connectivity index (χ0) is 9.14. The van der Waals surface area contributed by atoms with E-state index >= 15 is 0 Å². The molecule has 1 aromatic rings. The molecule has 0 aliphatic heterocycles.